The highest BCUT2D eigenvalue weighted by Crippen LogP contribution is 2.34. The van der Waals surface area contributed by atoms with Crippen molar-refractivity contribution in [3.05, 3.63) is 41.6 Å². The summed E-state index contributed by atoms with van der Waals surface area (Å²) < 4.78 is 32.0. The van der Waals surface area contributed by atoms with Gasteiger partial charge in [0.1, 0.15) is 0 Å². The van der Waals surface area contributed by atoms with E-state index in [2.05, 4.69) is 44.7 Å². The average Bonchev–Trinajstić information content (AvgIpc) is 3.50. The predicted octanol–water partition coefficient (Wildman–Crippen LogP) is 1.82. The van der Waals surface area contributed by atoms with Gasteiger partial charge in [-0.2, -0.15) is 4.68 Å². The Bertz CT molecular complexity index is 1190. The first-order valence-corrected chi connectivity index (χ1v) is 14.0. The Hall–Kier alpha value is -2.63. The van der Waals surface area contributed by atoms with E-state index in [1.54, 1.807) is 4.90 Å². The number of aromatic nitrogens is 2. The maximum Gasteiger partial charge on any atom is 0.345 e. The minimum absolute atomic E-state index is 0.00893. The van der Waals surface area contributed by atoms with Crippen molar-refractivity contribution in [2.75, 3.05) is 61.8 Å². The van der Waals surface area contributed by atoms with Gasteiger partial charge in [0.25, 0.3) is 0 Å². The number of hydrogen-bond donors (Lipinski definition) is 1. The lowest BCUT2D eigenvalue weighted by molar-refractivity contribution is 0.0968. The van der Waals surface area contributed by atoms with Crippen LogP contribution in [0.25, 0.3) is 0 Å². The molecule has 1 amide bonds. The zero-order valence-electron chi connectivity index (χ0n) is 20.6. The van der Waals surface area contributed by atoms with Crippen LogP contribution in [0.5, 0.6) is 0 Å². The number of aryl methyl sites for hydroxylation is 1. The second kappa shape index (κ2) is 9.44. The number of fused-ring (bicyclic) bond motifs is 1. The molecule has 3 aliphatic heterocycles. The minimum Gasteiger partial charge on any atom is -0.381 e. The molecule has 190 valence electrons. The van der Waals surface area contributed by atoms with Crippen molar-refractivity contribution in [1.29, 1.82) is 0 Å². The lowest BCUT2D eigenvalue weighted by atomic mass is 10.0. The molecule has 0 spiro atoms. The number of carbonyl (C=O) groups excluding carboxylic acids is 1. The van der Waals surface area contributed by atoms with Gasteiger partial charge in [-0.15, -0.1) is 5.10 Å². The van der Waals surface area contributed by atoms with Crippen LogP contribution in [-0.2, 0) is 21.3 Å². The first-order chi connectivity index (χ1) is 16.7. The molecular formula is C24H34N6O4S. The van der Waals surface area contributed by atoms with Crippen molar-refractivity contribution in [2.45, 2.75) is 26.4 Å². The van der Waals surface area contributed by atoms with E-state index in [4.69, 9.17) is 4.74 Å². The van der Waals surface area contributed by atoms with Crippen molar-refractivity contribution in [3.63, 3.8) is 0 Å². The van der Waals surface area contributed by atoms with E-state index in [0.717, 1.165) is 52.2 Å². The number of anilines is 2. The summed E-state index contributed by atoms with van der Waals surface area (Å²) in [4.78, 5) is 19.7. The molecule has 3 aliphatic rings. The molecule has 5 rings (SSSR count). The van der Waals surface area contributed by atoms with Crippen molar-refractivity contribution in [2.24, 2.45) is 11.8 Å². The highest BCUT2D eigenvalue weighted by atomic mass is 32.2. The van der Waals surface area contributed by atoms with Crippen LogP contribution in [0, 0.1) is 18.8 Å². The third kappa shape index (κ3) is 5.31. The molecule has 10 nitrogen and oxygen atoms in total. The summed E-state index contributed by atoms with van der Waals surface area (Å²) >= 11 is 0. The number of amides is 1. The number of benzene rings is 1. The van der Waals surface area contributed by atoms with E-state index < -0.39 is 10.0 Å². The molecule has 0 saturated carbocycles. The van der Waals surface area contributed by atoms with E-state index >= 15 is 0 Å². The summed E-state index contributed by atoms with van der Waals surface area (Å²) in [7, 11) is -3.44. The van der Waals surface area contributed by atoms with E-state index in [0.29, 0.717) is 18.4 Å². The predicted molar refractivity (Wildman–Crippen MR) is 134 cm³/mol. The molecule has 4 heterocycles. The maximum atomic E-state index is 13.0. The Kier molecular flexibility index (Phi) is 6.49. The second-order valence-corrected chi connectivity index (χ2v) is 11.9. The third-order valence-corrected chi connectivity index (χ3v) is 7.87. The third-order valence-electron chi connectivity index (χ3n) is 7.29. The molecule has 2 unspecified atom stereocenters. The van der Waals surface area contributed by atoms with Crippen LogP contribution in [-0.4, -0.2) is 92.3 Å². The molecule has 1 N–H and O–H groups in total. The topological polar surface area (TPSA) is 100 Å². The van der Waals surface area contributed by atoms with Crippen molar-refractivity contribution in [1.82, 2.24) is 19.6 Å². The quantitative estimate of drug-likeness (QED) is 0.666. The Morgan fingerprint density at radius 3 is 2.57 bits per heavy atom. The van der Waals surface area contributed by atoms with Crippen LogP contribution >= 0.6 is 0 Å². The first-order valence-electron chi connectivity index (χ1n) is 12.2. The molecule has 35 heavy (non-hydrogen) atoms. The number of piperazine rings is 1. The van der Waals surface area contributed by atoms with Crippen LogP contribution < -0.4 is 9.62 Å². The van der Waals surface area contributed by atoms with Gasteiger partial charge in [0.2, 0.25) is 10.0 Å². The first kappa shape index (κ1) is 24.1. The fourth-order valence-electron chi connectivity index (χ4n) is 5.50. The SMILES string of the molecule is Cc1ccc(CN2CCN(C(=O)n3ccc(NS(C)(=O)=O)n3)[C@H](C)C2)cc1N1CC2COCC2C1. The summed E-state index contributed by atoms with van der Waals surface area (Å²) in [6.07, 6.45) is 2.54. The van der Waals surface area contributed by atoms with Crippen LogP contribution in [0.3, 0.4) is 0 Å². The molecule has 1 aromatic heterocycles. The van der Waals surface area contributed by atoms with Gasteiger partial charge >= 0.3 is 6.03 Å². The Morgan fingerprint density at radius 2 is 1.89 bits per heavy atom. The number of ether oxygens (including phenoxy) is 1. The fraction of sp³-hybridized carbons (Fsp3) is 0.583. The molecule has 11 heteroatoms. The molecule has 3 fully saturated rings. The molecule has 2 aromatic rings. The number of hydrogen-bond acceptors (Lipinski definition) is 7. The number of carbonyl (C=O) groups is 1. The lowest BCUT2D eigenvalue weighted by Gasteiger charge is -2.39. The number of rotatable bonds is 5. The summed E-state index contributed by atoms with van der Waals surface area (Å²) in [6.45, 7) is 11.1. The fourth-order valence-corrected chi connectivity index (χ4v) is 5.99. The highest BCUT2D eigenvalue weighted by Gasteiger charge is 2.37. The average molecular weight is 503 g/mol. The van der Waals surface area contributed by atoms with Gasteiger partial charge < -0.3 is 14.5 Å². The normalized spacial score (nSPS) is 25.2. The zero-order valence-corrected chi connectivity index (χ0v) is 21.4. The number of nitrogens with one attached hydrogen (secondary N) is 1. The Balaban J connectivity index is 1.20. The van der Waals surface area contributed by atoms with Crippen LogP contribution in [0.1, 0.15) is 18.1 Å². The van der Waals surface area contributed by atoms with Crippen LogP contribution in [0.15, 0.2) is 30.5 Å². The molecule has 3 atom stereocenters. The monoisotopic (exact) mass is 502 g/mol. The van der Waals surface area contributed by atoms with Gasteiger partial charge in [0, 0.05) is 75.1 Å². The lowest BCUT2D eigenvalue weighted by Crippen LogP contribution is -2.54. The van der Waals surface area contributed by atoms with Crippen molar-refractivity contribution in [3.8, 4) is 0 Å². The van der Waals surface area contributed by atoms with Crippen LogP contribution in [0.2, 0.25) is 0 Å². The van der Waals surface area contributed by atoms with Gasteiger partial charge in [0.15, 0.2) is 5.82 Å². The van der Waals surface area contributed by atoms with E-state index in [1.807, 2.05) is 6.92 Å². The highest BCUT2D eigenvalue weighted by molar-refractivity contribution is 7.92. The minimum atomic E-state index is -3.44. The van der Waals surface area contributed by atoms with E-state index in [-0.39, 0.29) is 17.9 Å². The molecule has 0 aliphatic carbocycles. The summed E-state index contributed by atoms with van der Waals surface area (Å²) in [5, 5.41) is 4.08. The van der Waals surface area contributed by atoms with Gasteiger partial charge in [0.05, 0.1) is 19.5 Å². The van der Waals surface area contributed by atoms with Gasteiger partial charge in [-0.1, -0.05) is 12.1 Å². The van der Waals surface area contributed by atoms with E-state index in [9.17, 15) is 13.2 Å². The summed E-state index contributed by atoms with van der Waals surface area (Å²) in [5.41, 5.74) is 3.92. The second-order valence-electron chi connectivity index (χ2n) is 10.2. The Labute approximate surface area is 206 Å². The zero-order chi connectivity index (χ0) is 24.7. The molecule has 0 radical (unpaired) electrons. The van der Waals surface area contributed by atoms with E-state index in [1.165, 1.54) is 33.8 Å². The largest absolute Gasteiger partial charge is 0.381 e. The van der Waals surface area contributed by atoms with Crippen LogP contribution in [0.4, 0.5) is 16.3 Å². The smallest absolute Gasteiger partial charge is 0.345 e. The molecule has 1 aromatic carbocycles. The maximum absolute atomic E-state index is 13.0. The summed E-state index contributed by atoms with van der Waals surface area (Å²) in [5.74, 6) is 1.44. The van der Waals surface area contributed by atoms with Crippen molar-refractivity contribution >= 4 is 27.6 Å². The standard InChI is InChI=1S/C24H34N6O4S/c1-17-4-5-19(10-22(17)28-13-20-15-34-16-21(20)14-28)12-27-8-9-29(18(2)11-27)24(31)30-7-6-23(25-30)26-35(3,32)33/h4-7,10,18,20-21H,8-9,11-16H2,1-3H3,(H,25,26)/t18-,20?,21?/m1/s1. The van der Waals surface area contributed by atoms with Crippen molar-refractivity contribution < 1.29 is 17.9 Å². The van der Waals surface area contributed by atoms with Gasteiger partial charge in [-0.05, 0) is 31.0 Å². The van der Waals surface area contributed by atoms with Gasteiger partial charge in [-0.25, -0.2) is 13.2 Å². The van der Waals surface area contributed by atoms with Gasteiger partial charge in [-0.3, -0.25) is 9.62 Å². The molecule has 3 saturated heterocycles. The number of nitrogens with zero attached hydrogens (tertiary/aromatic N) is 5. The molecular weight excluding hydrogens is 468 g/mol. The number of sulfonamides is 1. The summed E-state index contributed by atoms with van der Waals surface area (Å²) in [6, 6.07) is 8.00. The molecule has 0 bridgehead atoms. The Morgan fingerprint density at radius 1 is 1.14 bits per heavy atom.